The number of rotatable bonds is 3. The van der Waals surface area contributed by atoms with Crippen LogP contribution in [-0.4, -0.2) is 31.9 Å². The lowest BCUT2D eigenvalue weighted by Crippen LogP contribution is -2.47. The van der Waals surface area contributed by atoms with Crippen molar-refractivity contribution in [3.8, 4) is 0 Å². The molecule has 3 rings (SSSR count). The molecular weight excluding hydrogens is 262 g/mol. The molecule has 0 saturated carbocycles. The van der Waals surface area contributed by atoms with Gasteiger partial charge in [-0.05, 0) is 30.4 Å². The zero-order chi connectivity index (χ0) is 13.5. The summed E-state index contributed by atoms with van der Waals surface area (Å²) in [5.41, 5.74) is 8.35. The van der Waals surface area contributed by atoms with Crippen molar-refractivity contribution in [3.05, 3.63) is 35.4 Å². The number of nitrogens with zero attached hydrogens (tertiary/aromatic N) is 1. The number of benzene rings is 1. The Labute approximate surface area is 114 Å². The van der Waals surface area contributed by atoms with E-state index in [0.717, 1.165) is 24.0 Å². The lowest BCUT2D eigenvalue weighted by Gasteiger charge is -2.22. The van der Waals surface area contributed by atoms with Crippen LogP contribution >= 0.6 is 0 Å². The van der Waals surface area contributed by atoms with Gasteiger partial charge >= 0.3 is 0 Å². The van der Waals surface area contributed by atoms with Gasteiger partial charge in [0.1, 0.15) is 0 Å². The van der Waals surface area contributed by atoms with Gasteiger partial charge in [-0.3, -0.25) is 0 Å². The number of hydrogen-bond donors (Lipinski definition) is 2. The third kappa shape index (κ3) is 2.41. The first-order chi connectivity index (χ1) is 9.08. The zero-order valence-electron chi connectivity index (χ0n) is 10.7. The fourth-order valence-corrected chi connectivity index (χ4v) is 4.44. The van der Waals surface area contributed by atoms with Crippen molar-refractivity contribution < 1.29 is 8.42 Å². The molecule has 5 nitrogen and oxygen atoms in total. The van der Waals surface area contributed by atoms with Crippen LogP contribution < -0.4 is 10.5 Å². The van der Waals surface area contributed by atoms with E-state index in [-0.39, 0.29) is 12.1 Å². The molecule has 1 aromatic carbocycles. The second-order valence-electron chi connectivity index (χ2n) is 5.26. The molecule has 0 aromatic heterocycles. The number of nitrogens with two attached hydrogens (primary N) is 1. The predicted molar refractivity (Wildman–Crippen MR) is 73.7 cm³/mol. The Kier molecular flexibility index (Phi) is 3.34. The topological polar surface area (TPSA) is 75.4 Å². The normalized spacial score (nSPS) is 27.6. The minimum Gasteiger partial charge on any atom is -0.323 e. The van der Waals surface area contributed by atoms with E-state index >= 15 is 0 Å². The summed E-state index contributed by atoms with van der Waals surface area (Å²) in [4.78, 5) is 0. The quantitative estimate of drug-likeness (QED) is 0.849. The average Bonchev–Trinajstić information content (AvgIpc) is 3.00. The molecule has 1 aliphatic carbocycles. The smallest absolute Gasteiger partial charge is 0.279 e. The van der Waals surface area contributed by atoms with Gasteiger partial charge in [0, 0.05) is 25.2 Å². The molecule has 0 unspecified atom stereocenters. The molecule has 6 heteroatoms. The van der Waals surface area contributed by atoms with Crippen LogP contribution in [0.2, 0.25) is 0 Å². The summed E-state index contributed by atoms with van der Waals surface area (Å²) >= 11 is 0. The Hall–Kier alpha value is -0.950. The Morgan fingerprint density at radius 2 is 1.89 bits per heavy atom. The van der Waals surface area contributed by atoms with Gasteiger partial charge in [-0.25, -0.2) is 0 Å². The largest absolute Gasteiger partial charge is 0.323 e. The van der Waals surface area contributed by atoms with E-state index in [0.29, 0.717) is 19.5 Å². The van der Waals surface area contributed by atoms with E-state index in [1.54, 1.807) is 0 Å². The third-order valence-electron chi connectivity index (χ3n) is 3.99. The van der Waals surface area contributed by atoms with Gasteiger partial charge in [0.2, 0.25) is 0 Å². The fraction of sp³-hybridized carbons (Fsp3) is 0.538. The van der Waals surface area contributed by atoms with Gasteiger partial charge in [0.05, 0.1) is 0 Å². The summed E-state index contributed by atoms with van der Waals surface area (Å²) in [5.74, 6) is 0. The highest BCUT2D eigenvalue weighted by Gasteiger charge is 2.35. The zero-order valence-corrected chi connectivity index (χ0v) is 11.6. The van der Waals surface area contributed by atoms with Crippen LogP contribution in [0, 0.1) is 0 Å². The van der Waals surface area contributed by atoms with Crippen molar-refractivity contribution in [2.45, 2.75) is 31.3 Å². The first kappa shape index (κ1) is 13.1. The first-order valence-electron chi connectivity index (χ1n) is 6.69. The van der Waals surface area contributed by atoms with Crippen LogP contribution in [0.25, 0.3) is 0 Å². The molecule has 3 N–H and O–H groups in total. The summed E-state index contributed by atoms with van der Waals surface area (Å²) in [6.45, 7) is 1.23. The third-order valence-corrected chi connectivity index (χ3v) is 5.64. The van der Waals surface area contributed by atoms with Crippen molar-refractivity contribution in [1.82, 2.24) is 9.03 Å². The van der Waals surface area contributed by atoms with Crippen molar-refractivity contribution in [3.63, 3.8) is 0 Å². The van der Waals surface area contributed by atoms with E-state index in [1.807, 2.05) is 24.3 Å². The highest BCUT2D eigenvalue weighted by molar-refractivity contribution is 7.87. The molecule has 1 fully saturated rings. The summed E-state index contributed by atoms with van der Waals surface area (Å²) in [6, 6.07) is 7.40. The minimum atomic E-state index is -3.39. The lowest BCUT2D eigenvalue weighted by molar-refractivity contribution is 0.441. The predicted octanol–water partition coefficient (Wildman–Crippen LogP) is 0.541. The Morgan fingerprint density at radius 3 is 2.58 bits per heavy atom. The van der Waals surface area contributed by atoms with Gasteiger partial charge in [-0.1, -0.05) is 24.3 Å². The maximum atomic E-state index is 12.2. The molecular formula is C13H19N3O2S. The Morgan fingerprint density at radius 1 is 1.21 bits per heavy atom. The van der Waals surface area contributed by atoms with Crippen molar-refractivity contribution in [2.24, 2.45) is 5.73 Å². The molecule has 1 heterocycles. The average molecular weight is 281 g/mol. The second kappa shape index (κ2) is 4.86. The van der Waals surface area contributed by atoms with Crippen LogP contribution in [0.5, 0.6) is 0 Å². The molecule has 0 bridgehead atoms. The molecule has 104 valence electrons. The molecule has 19 heavy (non-hydrogen) atoms. The van der Waals surface area contributed by atoms with Gasteiger partial charge in [0.25, 0.3) is 10.2 Å². The van der Waals surface area contributed by atoms with Crippen LogP contribution in [-0.2, 0) is 16.6 Å². The molecule has 1 aliphatic heterocycles. The lowest BCUT2D eigenvalue weighted by atomic mass is 10.1. The number of fused-ring (bicyclic) bond motifs is 1. The van der Waals surface area contributed by atoms with Crippen molar-refractivity contribution in [1.29, 1.82) is 0 Å². The van der Waals surface area contributed by atoms with Crippen LogP contribution in [0.1, 0.15) is 30.0 Å². The van der Waals surface area contributed by atoms with Crippen LogP contribution in [0.15, 0.2) is 24.3 Å². The van der Waals surface area contributed by atoms with E-state index < -0.39 is 10.2 Å². The number of hydrogen-bond acceptors (Lipinski definition) is 3. The van der Waals surface area contributed by atoms with E-state index in [1.165, 1.54) is 4.31 Å². The summed E-state index contributed by atoms with van der Waals surface area (Å²) in [6.07, 6.45) is 2.56. The minimum absolute atomic E-state index is 0.233. The summed E-state index contributed by atoms with van der Waals surface area (Å²) in [5, 5.41) is 0. The van der Waals surface area contributed by atoms with E-state index in [2.05, 4.69) is 4.72 Å². The van der Waals surface area contributed by atoms with Crippen LogP contribution in [0.4, 0.5) is 0 Å². The van der Waals surface area contributed by atoms with Crippen molar-refractivity contribution in [2.75, 3.05) is 13.1 Å². The van der Waals surface area contributed by atoms with Gasteiger partial charge in [0.15, 0.2) is 0 Å². The molecule has 2 atom stereocenters. The first-order valence-corrected chi connectivity index (χ1v) is 8.13. The van der Waals surface area contributed by atoms with Gasteiger partial charge in [-0.2, -0.15) is 17.4 Å². The summed E-state index contributed by atoms with van der Waals surface area (Å²) < 4.78 is 28.8. The monoisotopic (exact) mass is 281 g/mol. The fourth-order valence-electron chi connectivity index (χ4n) is 2.94. The molecule has 1 saturated heterocycles. The van der Waals surface area contributed by atoms with Crippen LogP contribution in [0.3, 0.4) is 0 Å². The SMILES string of the molecule is N[C@@H]1c2ccccc2C[C@H]1NS(=O)(=O)N1CCCC1. The highest BCUT2D eigenvalue weighted by atomic mass is 32.2. The molecule has 2 aliphatic rings. The Balaban J connectivity index is 1.75. The maximum absolute atomic E-state index is 12.2. The number of nitrogens with one attached hydrogen (secondary N) is 1. The molecule has 0 spiro atoms. The maximum Gasteiger partial charge on any atom is 0.279 e. The Bertz CT molecular complexity index is 567. The van der Waals surface area contributed by atoms with E-state index in [9.17, 15) is 8.42 Å². The second-order valence-corrected chi connectivity index (χ2v) is 6.97. The molecule has 1 aromatic rings. The van der Waals surface area contributed by atoms with E-state index in [4.69, 9.17) is 5.73 Å². The molecule has 0 radical (unpaired) electrons. The van der Waals surface area contributed by atoms with Crippen molar-refractivity contribution >= 4 is 10.2 Å². The molecule has 0 amide bonds. The van der Waals surface area contributed by atoms with Gasteiger partial charge < -0.3 is 5.73 Å². The standard InChI is InChI=1S/C13H19N3O2S/c14-13-11-6-2-1-5-10(11)9-12(13)15-19(17,18)16-7-3-4-8-16/h1-2,5-6,12-13,15H,3-4,7-9,14H2/t12-,13-/m1/s1. The summed E-state index contributed by atoms with van der Waals surface area (Å²) in [7, 11) is -3.39. The highest BCUT2D eigenvalue weighted by Crippen LogP contribution is 2.30. The van der Waals surface area contributed by atoms with Gasteiger partial charge in [-0.15, -0.1) is 0 Å².